The summed E-state index contributed by atoms with van der Waals surface area (Å²) in [5.41, 5.74) is 8.47. The molecule has 2 aromatic carbocycles. The maximum atomic E-state index is 13.6. The molecule has 40 heavy (non-hydrogen) atoms. The summed E-state index contributed by atoms with van der Waals surface area (Å²) in [4.78, 5) is 32.7. The van der Waals surface area contributed by atoms with E-state index >= 15 is 0 Å². The highest BCUT2D eigenvalue weighted by atomic mass is 19.1. The SMILES string of the molecule is N#Cc1ccccc1-c1ccc(C(=O)NC[C@H]2CCCCN2C(=O)CCCN)c(NCCc2cccc(F)c2)n1. The summed E-state index contributed by atoms with van der Waals surface area (Å²) < 4.78 is 13.6. The molecule has 0 aliphatic carbocycles. The fraction of sp³-hybridized carbons (Fsp3) is 0.355. The molecule has 0 radical (unpaired) electrons. The largest absolute Gasteiger partial charge is 0.369 e. The quantitative estimate of drug-likeness (QED) is 0.333. The minimum atomic E-state index is -0.305. The molecule has 4 rings (SSSR count). The molecule has 0 unspecified atom stereocenters. The molecule has 0 spiro atoms. The molecule has 1 saturated heterocycles. The van der Waals surface area contributed by atoms with Crippen LogP contribution in [0.25, 0.3) is 11.3 Å². The number of halogens is 1. The molecule has 1 aliphatic rings. The maximum Gasteiger partial charge on any atom is 0.255 e. The number of aromatic nitrogens is 1. The van der Waals surface area contributed by atoms with Gasteiger partial charge in [0, 0.05) is 37.7 Å². The smallest absolute Gasteiger partial charge is 0.255 e. The molecule has 0 bridgehead atoms. The van der Waals surface area contributed by atoms with Crippen molar-refractivity contribution in [2.24, 2.45) is 5.73 Å². The minimum absolute atomic E-state index is 0.0675. The van der Waals surface area contributed by atoms with Crippen LogP contribution in [-0.4, -0.2) is 53.9 Å². The second-order valence-corrected chi connectivity index (χ2v) is 9.90. The number of hydrogen-bond donors (Lipinski definition) is 3. The van der Waals surface area contributed by atoms with E-state index in [1.54, 1.807) is 30.3 Å². The number of hydrogen-bond acceptors (Lipinski definition) is 6. The first kappa shape index (κ1) is 28.7. The molecule has 1 atom stereocenters. The van der Waals surface area contributed by atoms with E-state index < -0.39 is 0 Å². The average Bonchev–Trinajstić information content (AvgIpc) is 2.98. The van der Waals surface area contributed by atoms with Crippen molar-refractivity contribution in [1.29, 1.82) is 5.26 Å². The lowest BCUT2D eigenvalue weighted by molar-refractivity contribution is -0.134. The second-order valence-electron chi connectivity index (χ2n) is 9.90. The molecule has 4 N–H and O–H groups in total. The number of carbonyl (C=O) groups is 2. The number of pyridine rings is 1. The lowest BCUT2D eigenvalue weighted by Gasteiger charge is -2.36. The predicted molar refractivity (Wildman–Crippen MR) is 153 cm³/mol. The highest BCUT2D eigenvalue weighted by Crippen LogP contribution is 2.25. The summed E-state index contributed by atoms with van der Waals surface area (Å²) in [5, 5.41) is 15.8. The van der Waals surface area contributed by atoms with Gasteiger partial charge in [0.15, 0.2) is 0 Å². The third kappa shape index (κ3) is 7.42. The molecule has 2 amide bonds. The van der Waals surface area contributed by atoms with E-state index in [9.17, 15) is 19.2 Å². The fourth-order valence-electron chi connectivity index (χ4n) is 4.99. The van der Waals surface area contributed by atoms with Gasteiger partial charge < -0.3 is 21.3 Å². The van der Waals surface area contributed by atoms with Crippen molar-refractivity contribution < 1.29 is 14.0 Å². The van der Waals surface area contributed by atoms with Gasteiger partial charge in [-0.25, -0.2) is 9.37 Å². The minimum Gasteiger partial charge on any atom is -0.369 e. The van der Waals surface area contributed by atoms with Crippen LogP contribution in [0.5, 0.6) is 0 Å². The number of nitrogens with two attached hydrogens (primary N) is 1. The van der Waals surface area contributed by atoms with Gasteiger partial charge in [0.25, 0.3) is 5.91 Å². The van der Waals surface area contributed by atoms with Crippen molar-refractivity contribution in [3.05, 3.63) is 83.2 Å². The van der Waals surface area contributed by atoms with E-state index in [0.29, 0.717) is 73.6 Å². The van der Waals surface area contributed by atoms with E-state index in [4.69, 9.17) is 10.7 Å². The van der Waals surface area contributed by atoms with Gasteiger partial charge in [-0.15, -0.1) is 0 Å². The molecule has 3 aromatic rings. The van der Waals surface area contributed by atoms with Gasteiger partial charge in [0.05, 0.1) is 22.9 Å². The topological polar surface area (TPSA) is 124 Å². The Bertz CT molecular complexity index is 1370. The Balaban J connectivity index is 1.52. The summed E-state index contributed by atoms with van der Waals surface area (Å²) in [6, 6.07) is 19.1. The van der Waals surface area contributed by atoms with Gasteiger partial charge in [0.2, 0.25) is 5.91 Å². The lowest BCUT2D eigenvalue weighted by atomic mass is 10.0. The van der Waals surface area contributed by atoms with E-state index in [1.807, 2.05) is 23.1 Å². The number of piperidine rings is 1. The summed E-state index contributed by atoms with van der Waals surface area (Å²) in [7, 11) is 0. The first-order valence-corrected chi connectivity index (χ1v) is 13.8. The number of likely N-dealkylation sites (tertiary alicyclic amines) is 1. The molecule has 1 fully saturated rings. The van der Waals surface area contributed by atoms with Crippen molar-refractivity contribution in [2.75, 3.05) is 31.5 Å². The Morgan fingerprint density at radius 1 is 1.12 bits per heavy atom. The summed E-state index contributed by atoms with van der Waals surface area (Å²) in [6.45, 7) is 1.92. The summed E-state index contributed by atoms with van der Waals surface area (Å²) >= 11 is 0. The zero-order chi connectivity index (χ0) is 28.3. The molecule has 9 heteroatoms. The molecule has 208 valence electrons. The van der Waals surface area contributed by atoms with Crippen LogP contribution < -0.4 is 16.4 Å². The third-order valence-electron chi connectivity index (χ3n) is 7.10. The van der Waals surface area contributed by atoms with Crippen molar-refractivity contribution in [1.82, 2.24) is 15.2 Å². The van der Waals surface area contributed by atoms with E-state index in [-0.39, 0.29) is 23.7 Å². The lowest BCUT2D eigenvalue weighted by Crippen LogP contribution is -2.49. The average molecular weight is 543 g/mol. The number of nitrogens with one attached hydrogen (secondary N) is 2. The van der Waals surface area contributed by atoms with E-state index in [0.717, 1.165) is 24.8 Å². The number of amides is 2. The van der Waals surface area contributed by atoms with Crippen LogP contribution in [0.4, 0.5) is 10.2 Å². The number of carbonyl (C=O) groups excluding carboxylic acids is 2. The van der Waals surface area contributed by atoms with Gasteiger partial charge in [-0.1, -0.05) is 30.3 Å². The van der Waals surface area contributed by atoms with Gasteiger partial charge in [-0.2, -0.15) is 5.26 Å². The highest BCUT2D eigenvalue weighted by Gasteiger charge is 2.27. The van der Waals surface area contributed by atoms with Crippen LogP contribution in [-0.2, 0) is 11.2 Å². The van der Waals surface area contributed by atoms with Crippen LogP contribution >= 0.6 is 0 Å². The van der Waals surface area contributed by atoms with Crippen LogP contribution in [0, 0.1) is 17.1 Å². The summed E-state index contributed by atoms with van der Waals surface area (Å²) in [6.07, 6.45) is 4.37. The van der Waals surface area contributed by atoms with Crippen molar-refractivity contribution in [3.8, 4) is 17.3 Å². The van der Waals surface area contributed by atoms with Gasteiger partial charge >= 0.3 is 0 Å². The van der Waals surface area contributed by atoms with Crippen LogP contribution in [0.3, 0.4) is 0 Å². The second kappa shape index (κ2) is 14.2. The van der Waals surface area contributed by atoms with Crippen LogP contribution in [0.1, 0.15) is 53.6 Å². The van der Waals surface area contributed by atoms with Crippen molar-refractivity contribution >= 4 is 17.6 Å². The van der Waals surface area contributed by atoms with Crippen LogP contribution in [0.2, 0.25) is 0 Å². The first-order chi connectivity index (χ1) is 19.5. The van der Waals surface area contributed by atoms with E-state index in [1.165, 1.54) is 12.1 Å². The Kier molecular flexibility index (Phi) is 10.2. The van der Waals surface area contributed by atoms with Gasteiger partial charge in [0.1, 0.15) is 11.6 Å². The predicted octanol–water partition coefficient (Wildman–Crippen LogP) is 4.26. The molecule has 2 heterocycles. The number of rotatable bonds is 11. The molecular weight excluding hydrogens is 507 g/mol. The standard InChI is InChI=1S/C31H35FN6O2/c32-24-9-5-7-22(19-24)15-17-35-30-27(13-14-28(37-30)26-11-2-1-8-23(26)20-34)31(40)36-21-25-10-3-4-18-38(25)29(39)12-6-16-33/h1-2,5,7-9,11,13-14,19,25H,3-4,6,10,12,15-18,21,33H2,(H,35,37)(H,36,40)/t25-/m1/s1. The molecule has 1 aromatic heterocycles. The molecule has 0 saturated carbocycles. The van der Waals surface area contributed by atoms with E-state index in [2.05, 4.69) is 16.7 Å². The highest BCUT2D eigenvalue weighted by molar-refractivity contribution is 5.99. The number of nitriles is 1. The number of anilines is 1. The number of nitrogens with zero attached hydrogens (tertiary/aromatic N) is 3. The van der Waals surface area contributed by atoms with Crippen LogP contribution in [0.15, 0.2) is 60.7 Å². The monoisotopic (exact) mass is 542 g/mol. The first-order valence-electron chi connectivity index (χ1n) is 13.8. The normalized spacial score (nSPS) is 14.8. The maximum absolute atomic E-state index is 13.6. The Morgan fingerprint density at radius 2 is 1.98 bits per heavy atom. The Hall–Kier alpha value is -4.29. The molecule has 8 nitrogen and oxygen atoms in total. The van der Waals surface area contributed by atoms with Crippen molar-refractivity contribution in [3.63, 3.8) is 0 Å². The fourth-order valence-corrected chi connectivity index (χ4v) is 4.99. The Labute approximate surface area is 234 Å². The summed E-state index contributed by atoms with van der Waals surface area (Å²) in [5.74, 6) is -0.158. The van der Waals surface area contributed by atoms with Crippen molar-refractivity contribution in [2.45, 2.75) is 44.6 Å². The molecule has 1 aliphatic heterocycles. The van der Waals surface area contributed by atoms with Gasteiger partial charge in [-0.3, -0.25) is 9.59 Å². The Morgan fingerprint density at radius 3 is 2.77 bits per heavy atom. The third-order valence-corrected chi connectivity index (χ3v) is 7.10. The number of benzene rings is 2. The zero-order valence-electron chi connectivity index (χ0n) is 22.5. The van der Waals surface area contributed by atoms with Gasteiger partial charge in [-0.05, 0) is 74.5 Å². The zero-order valence-corrected chi connectivity index (χ0v) is 22.5. The molecular formula is C31H35FN6O2.